The summed E-state index contributed by atoms with van der Waals surface area (Å²) in [5.41, 5.74) is 8.80. The number of fused-ring (bicyclic) bond motifs is 1. The van der Waals surface area contributed by atoms with Gasteiger partial charge in [0.05, 0.1) is 5.52 Å². The van der Waals surface area contributed by atoms with Crippen LogP contribution >= 0.6 is 15.9 Å². The lowest BCUT2D eigenvalue weighted by molar-refractivity contribution is 0.304. The summed E-state index contributed by atoms with van der Waals surface area (Å²) in [6, 6.07) is 16.0. The van der Waals surface area contributed by atoms with Crippen LogP contribution in [-0.4, -0.2) is 4.98 Å². The molecule has 3 rings (SSSR count). The smallest absolute Gasteiger partial charge is 0.124 e. The molecule has 1 aromatic heterocycles. The summed E-state index contributed by atoms with van der Waals surface area (Å²) in [6.07, 6.45) is 1.80. The molecule has 0 fully saturated rings. The number of aromatic nitrogens is 1. The van der Waals surface area contributed by atoms with Crippen molar-refractivity contribution in [3.8, 4) is 5.75 Å². The Labute approximate surface area is 131 Å². The molecule has 0 saturated carbocycles. The van der Waals surface area contributed by atoms with Crippen LogP contribution in [0.15, 0.2) is 59.2 Å². The number of nitrogens with zero attached hydrogens (tertiary/aromatic N) is 1. The van der Waals surface area contributed by atoms with Crippen LogP contribution in [0.25, 0.3) is 10.9 Å². The first kappa shape index (κ1) is 14.0. The number of nitrogens with two attached hydrogens (primary N) is 1. The number of halogens is 1. The molecule has 3 nitrogen and oxygen atoms in total. The van der Waals surface area contributed by atoms with Crippen LogP contribution < -0.4 is 10.5 Å². The molecular weight excluding hydrogens is 328 g/mol. The summed E-state index contributed by atoms with van der Waals surface area (Å²) in [7, 11) is 0. The van der Waals surface area contributed by atoms with E-state index < -0.39 is 0 Å². The molecule has 3 aromatic rings. The summed E-state index contributed by atoms with van der Waals surface area (Å²) >= 11 is 3.44. The zero-order valence-corrected chi connectivity index (χ0v) is 13.0. The quantitative estimate of drug-likeness (QED) is 0.778. The van der Waals surface area contributed by atoms with Gasteiger partial charge in [0.25, 0.3) is 0 Å². The SMILES string of the molecule is NCc1cc(Br)ccc1OCc1cccc2cccnc12. The van der Waals surface area contributed by atoms with Gasteiger partial charge in [-0.3, -0.25) is 4.98 Å². The van der Waals surface area contributed by atoms with E-state index >= 15 is 0 Å². The Morgan fingerprint density at radius 3 is 2.76 bits per heavy atom. The van der Waals surface area contributed by atoms with E-state index in [1.54, 1.807) is 6.20 Å². The number of ether oxygens (including phenoxy) is 1. The van der Waals surface area contributed by atoms with E-state index in [0.717, 1.165) is 32.3 Å². The maximum Gasteiger partial charge on any atom is 0.124 e. The summed E-state index contributed by atoms with van der Waals surface area (Å²) in [6.45, 7) is 0.922. The van der Waals surface area contributed by atoms with Crippen molar-refractivity contribution in [2.24, 2.45) is 5.73 Å². The number of hydrogen-bond acceptors (Lipinski definition) is 3. The fourth-order valence-corrected chi connectivity index (χ4v) is 2.70. The van der Waals surface area contributed by atoms with Crippen molar-refractivity contribution in [3.05, 3.63) is 70.3 Å². The Bertz CT molecular complexity index is 768. The van der Waals surface area contributed by atoms with Gasteiger partial charge in [-0.1, -0.05) is 40.2 Å². The Balaban J connectivity index is 1.87. The van der Waals surface area contributed by atoms with E-state index in [-0.39, 0.29) is 0 Å². The summed E-state index contributed by atoms with van der Waals surface area (Å²) in [5.74, 6) is 0.814. The second-order valence-corrected chi connectivity index (χ2v) is 5.65. The van der Waals surface area contributed by atoms with Crippen LogP contribution in [0, 0.1) is 0 Å². The first-order valence-electron chi connectivity index (χ1n) is 6.72. The van der Waals surface area contributed by atoms with Crippen molar-refractivity contribution in [1.82, 2.24) is 4.98 Å². The Morgan fingerprint density at radius 2 is 1.90 bits per heavy atom. The highest BCUT2D eigenvalue weighted by Crippen LogP contribution is 2.25. The van der Waals surface area contributed by atoms with Gasteiger partial charge >= 0.3 is 0 Å². The minimum Gasteiger partial charge on any atom is -0.488 e. The van der Waals surface area contributed by atoms with Gasteiger partial charge in [0, 0.05) is 33.7 Å². The van der Waals surface area contributed by atoms with Crippen LogP contribution in [-0.2, 0) is 13.2 Å². The van der Waals surface area contributed by atoms with Crippen molar-refractivity contribution in [2.45, 2.75) is 13.2 Å². The average Bonchev–Trinajstić information content (AvgIpc) is 2.53. The second kappa shape index (κ2) is 6.24. The third-order valence-corrected chi connectivity index (χ3v) is 3.84. The lowest BCUT2D eigenvalue weighted by atomic mass is 10.1. The predicted molar refractivity (Wildman–Crippen MR) is 88.1 cm³/mol. The molecule has 0 bridgehead atoms. The van der Waals surface area contributed by atoms with Gasteiger partial charge < -0.3 is 10.5 Å². The van der Waals surface area contributed by atoms with Gasteiger partial charge in [-0.15, -0.1) is 0 Å². The third kappa shape index (κ3) is 3.06. The monoisotopic (exact) mass is 342 g/mol. The first-order valence-corrected chi connectivity index (χ1v) is 7.51. The van der Waals surface area contributed by atoms with Crippen molar-refractivity contribution in [1.29, 1.82) is 0 Å². The van der Waals surface area contributed by atoms with E-state index in [1.165, 1.54) is 0 Å². The molecule has 0 saturated heterocycles. The summed E-state index contributed by atoms with van der Waals surface area (Å²) < 4.78 is 6.94. The standard InChI is InChI=1S/C17H15BrN2O/c18-15-6-7-16(14(9-15)10-19)21-11-13-4-1-3-12-5-2-8-20-17(12)13/h1-9H,10-11,19H2. The molecule has 2 aromatic carbocycles. The second-order valence-electron chi connectivity index (χ2n) is 4.74. The van der Waals surface area contributed by atoms with Gasteiger partial charge in [0.1, 0.15) is 12.4 Å². The van der Waals surface area contributed by atoms with Gasteiger partial charge in [-0.25, -0.2) is 0 Å². The third-order valence-electron chi connectivity index (χ3n) is 3.34. The molecule has 0 atom stereocenters. The van der Waals surface area contributed by atoms with Crippen molar-refractivity contribution >= 4 is 26.8 Å². The maximum atomic E-state index is 5.94. The van der Waals surface area contributed by atoms with Gasteiger partial charge in [0.2, 0.25) is 0 Å². The fourth-order valence-electron chi connectivity index (χ4n) is 2.29. The molecule has 0 aliphatic carbocycles. The summed E-state index contributed by atoms with van der Waals surface area (Å²) in [5, 5.41) is 1.12. The van der Waals surface area contributed by atoms with E-state index in [1.807, 2.05) is 36.4 Å². The summed E-state index contributed by atoms with van der Waals surface area (Å²) in [4.78, 5) is 4.44. The van der Waals surface area contributed by atoms with Gasteiger partial charge in [-0.05, 0) is 24.3 Å². The van der Waals surface area contributed by atoms with E-state index in [0.29, 0.717) is 13.2 Å². The van der Waals surface area contributed by atoms with E-state index in [9.17, 15) is 0 Å². The molecule has 106 valence electrons. The van der Waals surface area contributed by atoms with Crippen LogP contribution in [0.1, 0.15) is 11.1 Å². The van der Waals surface area contributed by atoms with Gasteiger partial charge in [0.15, 0.2) is 0 Å². The highest BCUT2D eigenvalue weighted by atomic mass is 79.9. The number of rotatable bonds is 4. The Hall–Kier alpha value is -1.91. The largest absolute Gasteiger partial charge is 0.488 e. The molecule has 0 aliphatic rings. The molecule has 0 radical (unpaired) electrons. The van der Waals surface area contributed by atoms with Crippen LogP contribution in [0.2, 0.25) is 0 Å². The molecule has 0 unspecified atom stereocenters. The van der Waals surface area contributed by atoms with Crippen molar-refractivity contribution < 1.29 is 4.74 Å². The Morgan fingerprint density at radius 1 is 1.05 bits per heavy atom. The molecule has 2 N–H and O–H groups in total. The number of pyridine rings is 1. The van der Waals surface area contributed by atoms with Crippen LogP contribution in [0.4, 0.5) is 0 Å². The molecule has 0 amide bonds. The molecule has 1 heterocycles. The van der Waals surface area contributed by atoms with E-state index in [2.05, 4.69) is 33.0 Å². The van der Waals surface area contributed by atoms with E-state index in [4.69, 9.17) is 10.5 Å². The highest BCUT2D eigenvalue weighted by Gasteiger charge is 2.06. The predicted octanol–water partition coefficient (Wildman–Crippen LogP) is 4.04. The Kier molecular flexibility index (Phi) is 4.18. The van der Waals surface area contributed by atoms with Crippen LogP contribution in [0.3, 0.4) is 0 Å². The minimum absolute atomic E-state index is 0.447. The van der Waals surface area contributed by atoms with Gasteiger partial charge in [-0.2, -0.15) is 0 Å². The molecule has 4 heteroatoms. The van der Waals surface area contributed by atoms with Crippen LogP contribution in [0.5, 0.6) is 5.75 Å². The maximum absolute atomic E-state index is 5.94. The molecule has 21 heavy (non-hydrogen) atoms. The number of para-hydroxylation sites is 1. The minimum atomic E-state index is 0.447. The first-order chi connectivity index (χ1) is 10.3. The highest BCUT2D eigenvalue weighted by molar-refractivity contribution is 9.10. The molecule has 0 spiro atoms. The lowest BCUT2D eigenvalue weighted by Crippen LogP contribution is -2.03. The number of hydrogen-bond donors (Lipinski definition) is 1. The fraction of sp³-hybridized carbons (Fsp3) is 0.118. The topological polar surface area (TPSA) is 48.1 Å². The van der Waals surface area contributed by atoms with Crippen molar-refractivity contribution in [3.63, 3.8) is 0 Å². The molecular formula is C17H15BrN2O. The average molecular weight is 343 g/mol. The molecule has 0 aliphatic heterocycles. The lowest BCUT2D eigenvalue weighted by Gasteiger charge is -2.12. The van der Waals surface area contributed by atoms with Crippen molar-refractivity contribution in [2.75, 3.05) is 0 Å². The zero-order valence-electron chi connectivity index (χ0n) is 11.4. The zero-order chi connectivity index (χ0) is 14.7. The number of benzene rings is 2. The normalized spacial score (nSPS) is 10.8.